The van der Waals surface area contributed by atoms with Gasteiger partial charge in [-0.2, -0.15) is 0 Å². The van der Waals surface area contributed by atoms with E-state index in [9.17, 15) is 0 Å². The molecular formula is C32H40. The van der Waals surface area contributed by atoms with E-state index in [0.29, 0.717) is 0 Å². The number of rotatable bonds is 8. The Morgan fingerprint density at radius 3 is 1.78 bits per heavy atom. The molecule has 1 saturated carbocycles. The first-order chi connectivity index (χ1) is 15.8. The van der Waals surface area contributed by atoms with Gasteiger partial charge >= 0.3 is 0 Å². The van der Waals surface area contributed by atoms with Gasteiger partial charge in [-0.1, -0.05) is 88.2 Å². The molecule has 32 heavy (non-hydrogen) atoms. The maximum Gasteiger partial charge on any atom is 0.0249 e. The SMILES string of the molecule is CCCCCCCC#Cc1ccc(C#Cc2ccc([C@H]3CC[C@H](CCC)CC3)cc2)cc1. The summed E-state index contributed by atoms with van der Waals surface area (Å²) in [6.07, 6.45) is 15.8. The summed E-state index contributed by atoms with van der Waals surface area (Å²) in [4.78, 5) is 0. The Hall–Kier alpha value is -2.44. The molecule has 0 amide bonds. The summed E-state index contributed by atoms with van der Waals surface area (Å²) < 4.78 is 0. The van der Waals surface area contributed by atoms with Crippen LogP contribution in [-0.4, -0.2) is 0 Å². The third-order valence-corrected chi connectivity index (χ3v) is 6.80. The first-order valence-corrected chi connectivity index (χ1v) is 13.0. The molecule has 0 aliphatic heterocycles. The first-order valence-electron chi connectivity index (χ1n) is 13.0. The molecule has 0 saturated heterocycles. The van der Waals surface area contributed by atoms with Gasteiger partial charge in [-0.05, 0) is 85.9 Å². The molecule has 1 fully saturated rings. The van der Waals surface area contributed by atoms with Crippen molar-refractivity contribution in [1.29, 1.82) is 0 Å². The van der Waals surface area contributed by atoms with E-state index in [2.05, 4.69) is 86.1 Å². The van der Waals surface area contributed by atoms with Gasteiger partial charge in [0, 0.05) is 23.1 Å². The zero-order valence-corrected chi connectivity index (χ0v) is 20.3. The highest BCUT2D eigenvalue weighted by molar-refractivity contribution is 5.46. The van der Waals surface area contributed by atoms with Crippen LogP contribution in [0.3, 0.4) is 0 Å². The van der Waals surface area contributed by atoms with Crippen LogP contribution in [0.15, 0.2) is 48.5 Å². The Bertz CT molecular complexity index is 900. The van der Waals surface area contributed by atoms with E-state index in [1.807, 2.05) is 0 Å². The number of unbranched alkanes of at least 4 members (excludes halogenated alkanes) is 5. The molecule has 2 aromatic rings. The minimum Gasteiger partial charge on any atom is -0.0979 e. The second-order valence-corrected chi connectivity index (χ2v) is 9.42. The van der Waals surface area contributed by atoms with Gasteiger partial charge < -0.3 is 0 Å². The normalized spacial score (nSPS) is 17.7. The van der Waals surface area contributed by atoms with Crippen molar-refractivity contribution in [3.63, 3.8) is 0 Å². The number of benzene rings is 2. The minimum atomic E-state index is 0.745. The Labute approximate surface area is 197 Å². The van der Waals surface area contributed by atoms with Gasteiger partial charge in [0.15, 0.2) is 0 Å². The molecule has 1 aliphatic rings. The van der Waals surface area contributed by atoms with Crippen LogP contribution in [0.2, 0.25) is 0 Å². The molecule has 0 N–H and O–H groups in total. The van der Waals surface area contributed by atoms with Crippen LogP contribution >= 0.6 is 0 Å². The van der Waals surface area contributed by atoms with E-state index >= 15 is 0 Å². The molecule has 0 atom stereocenters. The summed E-state index contributed by atoms with van der Waals surface area (Å²) in [7, 11) is 0. The quantitative estimate of drug-likeness (QED) is 0.293. The summed E-state index contributed by atoms with van der Waals surface area (Å²) in [5.74, 6) is 14.9. The van der Waals surface area contributed by atoms with Crippen LogP contribution in [0.1, 0.15) is 119 Å². The van der Waals surface area contributed by atoms with E-state index in [1.54, 1.807) is 0 Å². The van der Waals surface area contributed by atoms with Crippen molar-refractivity contribution in [1.82, 2.24) is 0 Å². The van der Waals surface area contributed by atoms with Gasteiger partial charge in [0.05, 0.1) is 0 Å². The highest BCUT2D eigenvalue weighted by Gasteiger charge is 2.21. The largest absolute Gasteiger partial charge is 0.0979 e. The van der Waals surface area contributed by atoms with Gasteiger partial charge in [-0.15, -0.1) is 0 Å². The average molecular weight is 425 g/mol. The van der Waals surface area contributed by atoms with Gasteiger partial charge in [-0.25, -0.2) is 0 Å². The van der Waals surface area contributed by atoms with Crippen LogP contribution in [-0.2, 0) is 0 Å². The third kappa shape index (κ3) is 8.24. The molecule has 3 rings (SSSR count). The Morgan fingerprint density at radius 2 is 1.19 bits per heavy atom. The number of hydrogen-bond donors (Lipinski definition) is 0. The molecule has 0 aromatic heterocycles. The summed E-state index contributed by atoms with van der Waals surface area (Å²) in [6.45, 7) is 4.56. The summed E-state index contributed by atoms with van der Waals surface area (Å²) in [5, 5.41) is 0. The Morgan fingerprint density at radius 1 is 0.625 bits per heavy atom. The maximum atomic E-state index is 3.32. The van der Waals surface area contributed by atoms with E-state index in [0.717, 1.165) is 34.9 Å². The lowest BCUT2D eigenvalue weighted by molar-refractivity contribution is 0.308. The van der Waals surface area contributed by atoms with Crippen LogP contribution in [0.25, 0.3) is 0 Å². The van der Waals surface area contributed by atoms with Crippen molar-refractivity contribution in [2.24, 2.45) is 5.92 Å². The molecule has 0 unspecified atom stereocenters. The van der Waals surface area contributed by atoms with E-state index in [4.69, 9.17) is 0 Å². The molecule has 0 bridgehead atoms. The van der Waals surface area contributed by atoms with Crippen molar-refractivity contribution in [3.8, 4) is 23.7 Å². The van der Waals surface area contributed by atoms with E-state index < -0.39 is 0 Å². The topological polar surface area (TPSA) is 0 Å². The first kappa shape index (κ1) is 24.2. The molecular weight excluding hydrogens is 384 g/mol. The summed E-state index contributed by atoms with van der Waals surface area (Å²) in [5.41, 5.74) is 4.73. The zero-order valence-electron chi connectivity index (χ0n) is 20.3. The molecule has 0 radical (unpaired) electrons. The minimum absolute atomic E-state index is 0.745. The van der Waals surface area contributed by atoms with Crippen molar-refractivity contribution in [2.75, 3.05) is 0 Å². The van der Waals surface area contributed by atoms with Crippen LogP contribution in [0.4, 0.5) is 0 Å². The highest BCUT2D eigenvalue weighted by atomic mass is 14.3. The highest BCUT2D eigenvalue weighted by Crippen LogP contribution is 2.37. The van der Waals surface area contributed by atoms with Crippen molar-refractivity contribution < 1.29 is 0 Å². The lowest BCUT2D eigenvalue weighted by atomic mass is 9.77. The molecule has 1 aliphatic carbocycles. The predicted molar refractivity (Wildman–Crippen MR) is 139 cm³/mol. The van der Waals surface area contributed by atoms with E-state index in [-0.39, 0.29) is 0 Å². The monoisotopic (exact) mass is 424 g/mol. The molecule has 0 nitrogen and oxygen atoms in total. The maximum absolute atomic E-state index is 3.32. The van der Waals surface area contributed by atoms with E-state index in [1.165, 1.54) is 76.2 Å². The lowest BCUT2D eigenvalue weighted by Gasteiger charge is -2.28. The van der Waals surface area contributed by atoms with Gasteiger partial charge in [0.2, 0.25) is 0 Å². The van der Waals surface area contributed by atoms with Crippen molar-refractivity contribution >= 4 is 0 Å². The Balaban J connectivity index is 1.47. The average Bonchev–Trinajstić information content (AvgIpc) is 2.84. The summed E-state index contributed by atoms with van der Waals surface area (Å²) >= 11 is 0. The van der Waals surface area contributed by atoms with Crippen LogP contribution < -0.4 is 0 Å². The van der Waals surface area contributed by atoms with Gasteiger partial charge in [-0.3, -0.25) is 0 Å². The predicted octanol–water partition coefficient (Wildman–Crippen LogP) is 8.87. The second-order valence-electron chi connectivity index (χ2n) is 9.42. The van der Waals surface area contributed by atoms with Crippen LogP contribution in [0, 0.1) is 29.6 Å². The zero-order chi connectivity index (χ0) is 22.4. The Kier molecular flexibility index (Phi) is 10.5. The molecule has 0 heteroatoms. The lowest BCUT2D eigenvalue weighted by Crippen LogP contribution is -2.13. The van der Waals surface area contributed by atoms with Gasteiger partial charge in [0.1, 0.15) is 0 Å². The third-order valence-electron chi connectivity index (χ3n) is 6.80. The van der Waals surface area contributed by atoms with Crippen molar-refractivity contribution in [2.45, 2.75) is 96.8 Å². The standard InChI is InChI=1S/C32H40/c1-3-5-6-7-8-9-10-12-28-13-15-29(16-14-28)17-18-30-21-25-32(26-22-30)31-23-19-27(11-4-2)20-24-31/h13-16,21-22,25-27,31H,3-9,11,19-20,23-24H2,1-2H3/t27-,31-. The molecule has 168 valence electrons. The molecule has 2 aromatic carbocycles. The second kappa shape index (κ2) is 13.9. The fourth-order valence-corrected chi connectivity index (χ4v) is 4.79. The molecule has 0 spiro atoms. The molecule has 0 heterocycles. The van der Waals surface area contributed by atoms with Crippen molar-refractivity contribution in [3.05, 3.63) is 70.8 Å². The van der Waals surface area contributed by atoms with Crippen LogP contribution in [0.5, 0.6) is 0 Å². The summed E-state index contributed by atoms with van der Waals surface area (Å²) in [6, 6.07) is 17.3. The fraction of sp³-hybridized carbons (Fsp3) is 0.500. The smallest absolute Gasteiger partial charge is 0.0249 e. The number of hydrogen-bond acceptors (Lipinski definition) is 0. The fourth-order valence-electron chi connectivity index (χ4n) is 4.79. The van der Waals surface area contributed by atoms with Gasteiger partial charge in [0.25, 0.3) is 0 Å².